The van der Waals surface area contributed by atoms with Gasteiger partial charge in [0, 0.05) is 12.1 Å². The number of nitriles is 1. The van der Waals surface area contributed by atoms with Crippen molar-refractivity contribution in [2.24, 2.45) is 5.92 Å². The minimum Gasteiger partial charge on any atom is -0.479 e. The van der Waals surface area contributed by atoms with Gasteiger partial charge in [0.25, 0.3) is 0 Å². The molecule has 0 radical (unpaired) electrons. The minimum atomic E-state index is 0.104. The molecule has 1 aliphatic rings. The van der Waals surface area contributed by atoms with Gasteiger partial charge < -0.3 is 10.1 Å². The average molecular weight is 244 g/mol. The average Bonchev–Trinajstić information content (AvgIpc) is 2.35. The Morgan fingerprint density at radius 2 is 2.06 bits per heavy atom. The van der Waals surface area contributed by atoms with E-state index in [1.54, 1.807) is 0 Å². The number of hydrogen-bond acceptors (Lipinski definition) is 3. The first kappa shape index (κ1) is 12.9. The molecule has 3 heteroatoms. The Hall–Kier alpha value is -1.53. The van der Waals surface area contributed by atoms with Crippen molar-refractivity contribution in [2.45, 2.75) is 38.8 Å². The summed E-state index contributed by atoms with van der Waals surface area (Å²) in [5.41, 5.74) is 1.26. The number of rotatable bonds is 5. The molecule has 3 nitrogen and oxygen atoms in total. The van der Waals surface area contributed by atoms with Crippen molar-refractivity contribution in [3.8, 4) is 11.8 Å². The second-order valence-corrected chi connectivity index (χ2v) is 5.18. The van der Waals surface area contributed by atoms with Gasteiger partial charge in [-0.05, 0) is 43.4 Å². The molecule has 1 aliphatic carbocycles. The summed E-state index contributed by atoms with van der Waals surface area (Å²) in [6.07, 6.45) is 2.57. The topological polar surface area (TPSA) is 45.0 Å². The third kappa shape index (κ3) is 3.24. The molecule has 1 atom stereocenters. The third-order valence-electron chi connectivity index (χ3n) is 3.54. The van der Waals surface area contributed by atoms with Crippen LogP contribution in [0.1, 0.15) is 38.3 Å². The van der Waals surface area contributed by atoms with E-state index in [1.165, 1.54) is 18.4 Å². The maximum absolute atomic E-state index is 8.44. The van der Waals surface area contributed by atoms with E-state index in [0.29, 0.717) is 12.1 Å². The van der Waals surface area contributed by atoms with Gasteiger partial charge in [-0.3, -0.25) is 0 Å². The summed E-state index contributed by atoms with van der Waals surface area (Å²) in [5.74, 6) is 1.63. The number of hydrogen-bond donors (Lipinski definition) is 1. The summed E-state index contributed by atoms with van der Waals surface area (Å²) in [4.78, 5) is 0. The number of ether oxygens (including phenoxy) is 1. The van der Waals surface area contributed by atoms with Gasteiger partial charge in [0.1, 0.15) is 11.8 Å². The first-order valence-electron chi connectivity index (χ1n) is 6.55. The van der Waals surface area contributed by atoms with Crippen LogP contribution in [-0.2, 0) is 0 Å². The van der Waals surface area contributed by atoms with Crippen molar-refractivity contribution in [1.82, 2.24) is 5.32 Å². The predicted molar refractivity (Wildman–Crippen MR) is 71.3 cm³/mol. The van der Waals surface area contributed by atoms with Crippen molar-refractivity contribution in [2.75, 3.05) is 6.61 Å². The SMILES string of the molecule is CC1CC(NC(C)c2ccc(OCC#N)cc2)C1. The van der Waals surface area contributed by atoms with Crippen LogP contribution in [0.2, 0.25) is 0 Å². The summed E-state index contributed by atoms with van der Waals surface area (Å²) in [6.45, 7) is 4.59. The van der Waals surface area contributed by atoms with Crippen LogP contribution in [0.3, 0.4) is 0 Å². The Bertz CT molecular complexity index is 415. The number of nitrogens with zero attached hydrogens (tertiary/aromatic N) is 1. The maximum atomic E-state index is 8.44. The van der Waals surface area contributed by atoms with Crippen molar-refractivity contribution in [3.63, 3.8) is 0 Å². The van der Waals surface area contributed by atoms with Crippen LogP contribution in [0.25, 0.3) is 0 Å². The highest BCUT2D eigenvalue weighted by Crippen LogP contribution is 2.29. The zero-order valence-corrected chi connectivity index (χ0v) is 11.0. The fraction of sp³-hybridized carbons (Fsp3) is 0.533. The lowest BCUT2D eigenvalue weighted by Crippen LogP contribution is -2.41. The van der Waals surface area contributed by atoms with E-state index in [0.717, 1.165) is 11.7 Å². The molecule has 1 saturated carbocycles. The van der Waals surface area contributed by atoms with E-state index >= 15 is 0 Å². The largest absolute Gasteiger partial charge is 0.479 e. The van der Waals surface area contributed by atoms with Gasteiger partial charge in [-0.1, -0.05) is 19.1 Å². The van der Waals surface area contributed by atoms with Gasteiger partial charge in [0.15, 0.2) is 6.61 Å². The Morgan fingerprint density at radius 1 is 1.39 bits per heavy atom. The summed E-state index contributed by atoms with van der Waals surface area (Å²) >= 11 is 0. The lowest BCUT2D eigenvalue weighted by Gasteiger charge is -2.35. The summed E-state index contributed by atoms with van der Waals surface area (Å²) < 4.78 is 5.24. The van der Waals surface area contributed by atoms with E-state index in [9.17, 15) is 0 Å². The smallest absolute Gasteiger partial charge is 0.174 e. The van der Waals surface area contributed by atoms with Crippen molar-refractivity contribution in [3.05, 3.63) is 29.8 Å². The Balaban J connectivity index is 1.86. The molecule has 1 N–H and O–H groups in total. The van der Waals surface area contributed by atoms with Crippen LogP contribution in [-0.4, -0.2) is 12.6 Å². The molecule has 1 aromatic carbocycles. The van der Waals surface area contributed by atoms with Gasteiger partial charge in [0.2, 0.25) is 0 Å². The van der Waals surface area contributed by atoms with Gasteiger partial charge >= 0.3 is 0 Å². The van der Waals surface area contributed by atoms with Crippen LogP contribution >= 0.6 is 0 Å². The van der Waals surface area contributed by atoms with E-state index in [1.807, 2.05) is 18.2 Å². The quantitative estimate of drug-likeness (QED) is 0.866. The van der Waals surface area contributed by atoms with Gasteiger partial charge in [-0.2, -0.15) is 5.26 Å². The molecule has 0 aromatic heterocycles. The first-order chi connectivity index (χ1) is 8.69. The van der Waals surface area contributed by atoms with Gasteiger partial charge in [-0.15, -0.1) is 0 Å². The monoisotopic (exact) mass is 244 g/mol. The van der Waals surface area contributed by atoms with Crippen LogP contribution in [0.15, 0.2) is 24.3 Å². The molecule has 0 amide bonds. The third-order valence-corrected chi connectivity index (χ3v) is 3.54. The van der Waals surface area contributed by atoms with Gasteiger partial charge in [-0.25, -0.2) is 0 Å². The van der Waals surface area contributed by atoms with Crippen LogP contribution in [0, 0.1) is 17.2 Å². The van der Waals surface area contributed by atoms with E-state index in [-0.39, 0.29) is 6.61 Å². The molecule has 2 rings (SSSR count). The summed E-state index contributed by atoms with van der Waals surface area (Å²) in [6, 6.07) is 11.0. The molecule has 0 spiro atoms. The molecule has 0 aliphatic heterocycles. The molecule has 0 saturated heterocycles. The van der Waals surface area contributed by atoms with Gasteiger partial charge in [0.05, 0.1) is 0 Å². The zero-order chi connectivity index (χ0) is 13.0. The summed E-state index contributed by atoms with van der Waals surface area (Å²) in [7, 11) is 0. The molecule has 1 unspecified atom stereocenters. The molecule has 0 heterocycles. The molecule has 96 valence electrons. The predicted octanol–water partition coefficient (Wildman–Crippen LogP) is 3.04. The molecule has 0 bridgehead atoms. The highest BCUT2D eigenvalue weighted by atomic mass is 16.5. The standard InChI is InChI=1S/C15H20N2O/c1-11-9-14(10-11)17-12(2)13-3-5-15(6-4-13)18-8-7-16/h3-6,11-12,14,17H,8-10H2,1-2H3. The second kappa shape index (κ2) is 5.88. The normalized spacial score (nSPS) is 23.8. The number of nitrogens with one attached hydrogen (secondary N) is 1. The summed E-state index contributed by atoms with van der Waals surface area (Å²) in [5, 5.41) is 12.1. The Morgan fingerprint density at radius 3 is 2.61 bits per heavy atom. The lowest BCUT2D eigenvalue weighted by molar-refractivity contribution is 0.226. The van der Waals surface area contributed by atoms with Crippen LogP contribution in [0.5, 0.6) is 5.75 Å². The first-order valence-corrected chi connectivity index (χ1v) is 6.55. The van der Waals surface area contributed by atoms with E-state index in [2.05, 4.69) is 31.3 Å². The van der Waals surface area contributed by atoms with Crippen molar-refractivity contribution < 1.29 is 4.74 Å². The highest BCUT2D eigenvalue weighted by Gasteiger charge is 2.26. The number of benzene rings is 1. The fourth-order valence-electron chi connectivity index (χ4n) is 2.46. The minimum absolute atomic E-state index is 0.104. The van der Waals surface area contributed by atoms with Crippen molar-refractivity contribution >= 4 is 0 Å². The molecule has 18 heavy (non-hydrogen) atoms. The molecular formula is C15H20N2O. The second-order valence-electron chi connectivity index (χ2n) is 5.18. The molecular weight excluding hydrogens is 224 g/mol. The van der Waals surface area contributed by atoms with E-state index < -0.39 is 0 Å². The Labute approximate surface area is 109 Å². The van der Waals surface area contributed by atoms with Crippen LogP contribution in [0.4, 0.5) is 0 Å². The highest BCUT2D eigenvalue weighted by molar-refractivity contribution is 5.29. The van der Waals surface area contributed by atoms with Crippen LogP contribution < -0.4 is 10.1 Å². The molecule has 1 fully saturated rings. The van der Waals surface area contributed by atoms with E-state index in [4.69, 9.17) is 10.00 Å². The van der Waals surface area contributed by atoms with Crippen molar-refractivity contribution in [1.29, 1.82) is 5.26 Å². The molecule has 1 aromatic rings. The maximum Gasteiger partial charge on any atom is 0.174 e. The Kier molecular flexibility index (Phi) is 4.22. The lowest BCUT2D eigenvalue weighted by atomic mass is 9.81. The fourth-order valence-corrected chi connectivity index (χ4v) is 2.46. The zero-order valence-electron chi connectivity index (χ0n) is 11.0.